The highest BCUT2D eigenvalue weighted by Gasteiger charge is 2.08. The van der Waals surface area contributed by atoms with Gasteiger partial charge in [-0.2, -0.15) is 0 Å². The van der Waals surface area contributed by atoms with Crippen LogP contribution < -0.4 is 4.74 Å². The van der Waals surface area contributed by atoms with E-state index in [-0.39, 0.29) is 0 Å². The summed E-state index contributed by atoms with van der Waals surface area (Å²) >= 11 is 0. The lowest BCUT2D eigenvalue weighted by Crippen LogP contribution is -1.85. The van der Waals surface area contributed by atoms with E-state index in [4.69, 9.17) is 4.74 Å². The zero-order valence-corrected chi connectivity index (χ0v) is 26.5. The summed E-state index contributed by atoms with van der Waals surface area (Å²) in [6.45, 7) is 28.1. The van der Waals surface area contributed by atoms with Gasteiger partial charge in [0, 0.05) is 18.8 Å². The van der Waals surface area contributed by atoms with Gasteiger partial charge in [0.1, 0.15) is 5.75 Å². The van der Waals surface area contributed by atoms with Crippen molar-refractivity contribution in [2.45, 2.75) is 108 Å². The van der Waals surface area contributed by atoms with Gasteiger partial charge in [-0.25, -0.2) is 0 Å². The van der Waals surface area contributed by atoms with Gasteiger partial charge >= 0.3 is 0 Å². The van der Waals surface area contributed by atoms with E-state index >= 15 is 0 Å². The quantitative estimate of drug-likeness (QED) is 0.342. The molecule has 2 nitrogen and oxygen atoms in total. The van der Waals surface area contributed by atoms with E-state index in [1.807, 2.05) is 78.1 Å². The van der Waals surface area contributed by atoms with E-state index in [9.17, 15) is 0 Å². The molecule has 0 amide bonds. The van der Waals surface area contributed by atoms with Crippen molar-refractivity contribution in [1.82, 2.24) is 4.98 Å². The lowest BCUT2D eigenvalue weighted by atomic mass is 10.0. The van der Waals surface area contributed by atoms with Crippen LogP contribution in [0.15, 0.2) is 79.1 Å². The molecule has 0 saturated heterocycles. The van der Waals surface area contributed by atoms with Crippen molar-refractivity contribution < 1.29 is 4.74 Å². The molecule has 2 heterocycles. The number of aromatic nitrogens is 1. The number of hydrogen-bond donors (Lipinski definition) is 0. The Bertz CT molecular complexity index is 742. The fourth-order valence-corrected chi connectivity index (χ4v) is 2.68. The normalized spacial score (nSPS) is 9.95. The first-order valence-electron chi connectivity index (χ1n) is 14.5. The fourth-order valence-electron chi connectivity index (χ4n) is 2.68. The van der Waals surface area contributed by atoms with Crippen LogP contribution in [0.1, 0.15) is 119 Å². The van der Waals surface area contributed by atoms with Gasteiger partial charge in [0.25, 0.3) is 0 Å². The van der Waals surface area contributed by atoms with E-state index in [0.717, 1.165) is 24.7 Å². The van der Waals surface area contributed by atoms with Gasteiger partial charge in [0.2, 0.25) is 0 Å². The zero-order chi connectivity index (χ0) is 29.1. The van der Waals surface area contributed by atoms with Crippen LogP contribution in [0.3, 0.4) is 0 Å². The highest BCUT2D eigenvalue weighted by Crippen LogP contribution is 2.23. The number of hydrogen-bond acceptors (Lipinski definition) is 2. The van der Waals surface area contributed by atoms with E-state index in [0.29, 0.717) is 11.8 Å². The molecule has 210 valence electrons. The second-order valence-corrected chi connectivity index (χ2v) is 8.94. The molecule has 0 N–H and O–H groups in total. The molecule has 0 radical (unpaired) electrons. The van der Waals surface area contributed by atoms with Crippen LogP contribution in [0, 0.1) is 5.92 Å². The average molecular weight is 510 g/mol. The van der Waals surface area contributed by atoms with Crippen LogP contribution in [0.2, 0.25) is 0 Å². The van der Waals surface area contributed by atoms with Gasteiger partial charge in [-0.3, -0.25) is 4.98 Å². The summed E-state index contributed by atoms with van der Waals surface area (Å²) in [7, 11) is 0. The van der Waals surface area contributed by atoms with Crippen LogP contribution >= 0.6 is 0 Å². The largest absolute Gasteiger partial charge is 0.493 e. The summed E-state index contributed by atoms with van der Waals surface area (Å²) in [5, 5.41) is 0. The molecule has 0 fully saturated rings. The lowest BCUT2D eigenvalue weighted by molar-refractivity contribution is 0.357. The Labute approximate surface area is 231 Å². The summed E-state index contributed by atoms with van der Waals surface area (Å²) in [5.74, 6) is 3.16. The minimum atomic E-state index is 0.596. The Morgan fingerprint density at radius 3 is 1.43 bits per heavy atom. The Kier molecular flexibility index (Phi) is 29.4. The van der Waals surface area contributed by atoms with E-state index in [2.05, 4.69) is 89.8 Å². The molecular weight excluding hydrogens is 450 g/mol. The molecule has 1 aromatic heterocycles. The minimum Gasteiger partial charge on any atom is -0.493 e. The SMILES string of the molecule is CC.CC.CC.CC(C)C.CC(C)c1ccccc1.CC(C)c1cccnc1.c1ccc2c(c1)CCO2. The minimum absolute atomic E-state index is 0.596. The van der Waals surface area contributed by atoms with Crippen molar-refractivity contribution in [3.05, 3.63) is 95.8 Å². The number of para-hydroxylation sites is 1. The van der Waals surface area contributed by atoms with E-state index in [1.165, 1.54) is 16.7 Å². The molecule has 1 aliphatic rings. The topological polar surface area (TPSA) is 22.1 Å². The predicted molar refractivity (Wildman–Crippen MR) is 169 cm³/mol. The molecule has 2 heteroatoms. The van der Waals surface area contributed by atoms with E-state index < -0.39 is 0 Å². The van der Waals surface area contributed by atoms with Gasteiger partial charge in [-0.05, 0) is 46.6 Å². The lowest BCUT2D eigenvalue weighted by Gasteiger charge is -2.01. The maximum absolute atomic E-state index is 5.30. The van der Waals surface area contributed by atoms with Crippen molar-refractivity contribution in [2.75, 3.05) is 6.61 Å². The van der Waals surface area contributed by atoms with Gasteiger partial charge in [0.15, 0.2) is 0 Å². The molecule has 37 heavy (non-hydrogen) atoms. The summed E-state index contributed by atoms with van der Waals surface area (Å²) in [6.07, 6.45) is 4.78. The van der Waals surface area contributed by atoms with Crippen molar-refractivity contribution in [1.29, 1.82) is 0 Å². The van der Waals surface area contributed by atoms with Crippen LogP contribution in [0.4, 0.5) is 0 Å². The number of fused-ring (bicyclic) bond motifs is 1. The van der Waals surface area contributed by atoms with Gasteiger partial charge in [-0.15, -0.1) is 0 Å². The number of ether oxygens (including phenoxy) is 1. The molecule has 3 aromatic rings. The third-order valence-electron chi connectivity index (χ3n) is 4.42. The van der Waals surface area contributed by atoms with E-state index in [1.54, 1.807) is 6.20 Å². The first kappa shape index (κ1) is 38.9. The van der Waals surface area contributed by atoms with Crippen LogP contribution in [-0.4, -0.2) is 11.6 Å². The van der Waals surface area contributed by atoms with Crippen molar-refractivity contribution in [3.63, 3.8) is 0 Å². The van der Waals surface area contributed by atoms with Gasteiger partial charge < -0.3 is 4.74 Å². The van der Waals surface area contributed by atoms with Crippen LogP contribution in [0.25, 0.3) is 0 Å². The van der Waals surface area contributed by atoms with Gasteiger partial charge in [0.05, 0.1) is 6.61 Å². The molecule has 2 aromatic carbocycles. The molecule has 0 spiro atoms. The molecular formula is C35H59NO. The first-order valence-corrected chi connectivity index (χ1v) is 14.5. The molecule has 0 unspecified atom stereocenters. The summed E-state index contributed by atoms with van der Waals surface area (Å²) in [6, 6.07) is 22.8. The van der Waals surface area contributed by atoms with Crippen molar-refractivity contribution >= 4 is 0 Å². The smallest absolute Gasteiger partial charge is 0.122 e. The highest BCUT2D eigenvalue weighted by atomic mass is 16.5. The number of benzene rings is 2. The molecule has 0 saturated carbocycles. The molecule has 0 aliphatic carbocycles. The average Bonchev–Trinajstić information content (AvgIpc) is 3.43. The maximum Gasteiger partial charge on any atom is 0.122 e. The fraction of sp³-hybridized carbons (Fsp3) is 0.514. The van der Waals surface area contributed by atoms with Crippen molar-refractivity contribution in [3.8, 4) is 5.75 Å². The Hall–Kier alpha value is -2.61. The zero-order valence-electron chi connectivity index (χ0n) is 26.5. The molecule has 0 bridgehead atoms. The van der Waals surface area contributed by atoms with Gasteiger partial charge in [-0.1, -0.05) is 145 Å². The summed E-state index contributed by atoms with van der Waals surface area (Å²) in [4.78, 5) is 4.01. The third kappa shape index (κ3) is 22.3. The van der Waals surface area contributed by atoms with Crippen molar-refractivity contribution in [2.24, 2.45) is 5.92 Å². The highest BCUT2D eigenvalue weighted by molar-refractivity contribution is 5.35. The first-order chi connectivity index (χ1) is 17.8. The number of pyridine rings is 1. The second kappa shape index (κ2) is 28.0. The Morgan fingerprint density at radius 1 is 0.595 bits per heavy atom. The Morgan fingerprint density at radius 2 is 1.05 bits per heavy atom. The number of rotatable bonds is 2. The van der Waals surface area contributed by atoms with Crippen LogP contribution in [0.5, 0.6) is 5.75 Å². The Balaban J connectivity index is -0.000000400. The standard InChI is InChI=1S/C9H12.C8H11N.C8H8O.C4H10.3C2H6/c1-8(2)9-6-4-3-5-7-9;1-7(2)8-4-3-5-9-6-8;1-2-4-8-7(3-1)5-6-9-8;1-4(2)3;3*1-2/h3-8H,1-2H3;3-7H,1-2H3;1-4H,5-6H2;4H,1-3H3;3*1-2H3. The van der Waals surface area contributed by atoms with Crippen LogP contribution in [-0.2, 0) is 6.42 Å². The third-order valence-corrected chi connectivity index (χ3v) is 4.42. The predicted octanol–water partition coefficient (Wildman–Crippen LogP) is 11.4. The summed E-state index contributed by atoms with van der Waals surface area (Å²) in [5.41, 5.74) is 4.06. The maximum atomic E-state index is 5.30. The molecule has 4 rings (SSSR count). The second-order valence-electron chi connectivity index (χ2n) is 8.94. The molecule has 1 aliphatic heterocycles. The monoisotopic (exact) mass is 509 g/mol. The number of nitrogens with zero attached hydrogens (tertiary/aromatic N) is 1. The molecule has 0 atom stereocenters. The summed E-state index contributed by atoms with van der Waals surface area (Å²) < 4.78 is 5.30.